The molecule has 4 rings (SSSR count). The number of rotatable bonds is 0. The normalized spacial score (nSPS) is 28.9. The van der Waals surface area contributed by atoms with Crippen LogP contribution in [0.15, 0.2) is 24.4 Å². The van der Waals surface area contributed by atoms with E-state index in [-0.39, 0.29) is 36.6 Å². The molecule has 0 radical (unpaired) electrons. The highest BCUT2D eigenvalue weighted by molar-refractivity contribution is 5.90. The Kier molecular flexibility index (Phi) is 4.74. The van der Waals surface area contributed by atoms with Gasteiger partial charge in [0, 0.05) is 18.0 Å². The minimum absolute atomic E-state index is 0.0667. The molecule has 2 aliphatic rings. The molecular formula is C20H25FN4O3. The number of phenols is 1. The van der Waals surface area contributed by atoms with Crippen molar-refractivity contribution in [2.24, 2.45) is 0 Å². The zero-order valence-electron chi connectivity index (χ0n) is 16.0. The summed E-state index contributed by atoms with van der Waals surface area (Å²) in [5.41, 5.74) is 0.699. The number of benzene rings is 1. The fourth-order valence-corrected chi connectivity index (χ4v) is 3.98. The predicted octanol–water partition coefficient (Wildman–Crippen LogP) is 2.05. The van der Waals surface area contributed by atoms with E-state index in [2.05, 4.69) is 15.6 Å². The zero-order chi connectivity index (χ0) is 19.9. The highest BCUT2D eigenvalue weighted by atomic mass is 19.1. The molecule has 0 aliphatic carbocycles. The standard InChI is InChI=1S/C20H25FN4O3/c1-20-8-13(5-6-25(20)2)24-14-7-15-16(22-10-14)3-4-17(26)18(15)28-11-12(21)9-23-19(20)27/h3-4,7,10,12-13,24,26H,5-6,8-9,11H2,1-2H3,(H,23,27). The summed E-state index contributed by atoms with van der Waals surface area (Å²) in [6.45, 7) is 2.21. The molecule has 4 bridgehead atoms. The third-order valence-corrected chi connectivity index (χ3v) is 5.85. The number of alkyl halides is 1. The molecule has 1 aromatic heterocycles. The summed E-state index contributed by atoms with van der Waals surface area (Å²) in [5, 5.41) is 17.0. The monoisotopic (exact) mass is 388 g/mol. The van der Waals surface area contributed by atoms with Crippen molar-refractivity contribution in [3.63, 3.8) is 0 Å². The van der Waals surface area contributed by atoms with Crippen LogP contribution in [0, 0.1) is 0 Å². The van der Waals surface area contributed by atoms with Crippen molar-refractivity contribution in [3.8, 4) is 11.5 Å². The van der Waals surface area contributed by atoms with Crippen molar-refractivity contribution < 1.29 is 19.0 Å². The number of halogens is 1. The van der Waals surface area contributed by atoms with E-state index in [1.54, 1.807) is 12.3 Å². The van der Waals surface area contributed by atoms with Crippen LogP contribution in [0.25, 0.3) is 10.9 Å². The molecule has 0 saturated carbocycles. The largest absolute Gasteiger partial charge is 0.504 e. The zero-order valence-corrected chi connectivity index (χ0v) is 16.0. The van der Waals surface area contributed by atoms with Crippen LogP contribution in [0.4, 0.5) is 10.1 Å². The van der Waals surface area contributed by atoms with Crippen LogP contribution in [-0.4, -0.2) is 65.4 Å². The molecule has 1 amide bonds. The topological polar surface area (TPSA) is 86.7 Å². The molecule has 0 spiro atoms. The van der Waals surface area contributed by atoms with Crippen LogP contribution in [0.1, 0.15) is 19.8 Å². The summed E-state index contributed by atoms with van der Waals surface area (Å²) < 4.78 is 20.0. The average molecular weight is 388 g/mol. The van der Waals surface area contributed by atoms with Crippen molar-refractivity contribution in [2.45, 2.75) is 37.5 Å². The van der Waals surface area contributed by atoms with E-state index < -0.39 is 11.7 Å². The highest BCUT2D eigenvalue weighted by Gasteiger charge is 2.42. The van der Waals surface area contributed by atoms with E-state index in [0.717, 1.165) is 18.7 Å². The first-order valence-corrected chi connectivity index (χ1v) is 9.51. The molecule has 3 unspecified atom stereocenters. The maximum Gasteiger partial charge on any atom is 0.240 e. The highest BCUT2D eigenvalue weighted by Crippen LogP contribution is 2.36. The number of amides is 1. The molecule has 3 atom stereocenters. The molecular weight excluding hydrogens is 363 g/mol. The van der Waals surface area contributed by atoms with Crippen LogP contribution < -0.4 is 15.4 Å². The van der Waals surface area contributed by atoms with Crippen LogP contribution >= 0.6 is 0 Å². The number of carbonyl (C=O) groups excluding carboxylic acids is 1. The number of carbonyl (C=O) groups is 1. The van der Waals surface area contributed by atoms with Gasteiger partial charge in [-0.1, -0.05) is 0 Å². The van der Waals surface area contributed by atoms with Gasteiger partial charge < -0.3 is 20.5 Å². The van der Waals surface area contributed by atoms with Crippen molar-refractivity contribution in [3.05, 3.63) is 24.4 Å². The SMILES string of the molecule is CN1CCC2CC1(C)C(=O)NCC(F)COc1c(O)ccc3ncc(cc13)N2. The van der Waals surface area contributed by atoms with Gasteiger partial charge in [0.2, 0.25) is 5.91 Å². The van der Waals surface area contributed by atoms with Gasteiger partial charge in [0.05, 0.1) is 29.5 Å². The van der Waals surface area contributed by atoms with Gasteiger partial charge in [-0.05, 0) is 45.0 Å². The lowest BCUT2D eigenvalue weighted by Gasteiger charge is -2.45. The lowest BCUT2D eigenvalue weighted by atomic mass is 9.84. The molecule has 8 heteroatoms. The third-order valence-electron chi connectivity index (χ3n) is 5.85. The smallest absolute Gasteiger partial charge is 0.240 e. The number of nitrogens with one attached hydrogen (secondary N) is 2. The summed E-state index contributed by atoms with van der Waals surface area (Å²) in [6, 6.07) is 5.10. The number of aromatic hydroxyl groups is 1. The van der Waals surface area contributed by atoms with E-state index >= 15 is 0 Å². The van der Waals surface area contributed by atoms with E-state index in [4.69, 9.17) is 4.74 Å². The second-order valence-corrected chi connectivity index (χ2v) is 7.85. The minimum Gasteiger partial charge on any atom is -0.504 e. The second kappa shape index (κ2) is 7.09. The number of phenolic OH excluding ortho intramolecular Hbond substituents is 1. The summed E-state index contributed by atoms with van der Waals surface area (Å²) in [6.07, 6.45) is 1.78. The number of anilines is 1. The van der Waals surface area contributed by atoms with Gasteiger partial charge in [-0.3, -0.25) is 14.7 Å². The Labute approximate surface area is 162 Å². The lowest BCUT2D eigenvalue weighted by Crippen LogP contribution is -2.61. The molecule has 28 heavy (non-hydrogen) atoms. The Bertz CT molecular complexity index is 908. The van der Waals surface area contributed by atoms with Crippen LogP contribution in [0.2, 0.25) is 0 Å². The van der Waals surface area contributed by atoms with Gasteiger partial charge in [-0.2, -0.15) is 0 Å². The minimum atomic E-state index is -1.40. The third kappa shape index (κ3) is 3.32. The molecule has 2 aliphatic heterocycles. The Hall–Kier alpha value is -2.61. The number of hydrogen-bond donors (Lipinski definition) is 3. The van der Waals surface area contributed by atoms with E-state index in [1.807, 2.05) is 24.9 Å². The Morgan fingerprint density at radius 2 is 2.25 bits per heavy atom. The lowest BCUT2D eigenvalue weighted by molar-refractivity contribution is -0.134. The van der Waals surface area contributed by atoms with Gasteiger partial charge in [-0.25, -0.2) is 4.39 Å². The van der Waals surface area contributed by atoms with Crippen molar-refractivity contribution in [1.29, 1.82) is 0 Å². The van der Waals surface area contributed by atoms with E-state index in [1.165, 1.54) is 6.07 Å². The number of pyridine rings is 1. The number of likely N-dealkylation sites (tertiary alicyclic amines) is 1. The summed E-state index contributed by atoms with van der Waals surface area (Å²) in [7, 11) is 1.92. The Morgan fingerprint density at radius 1 is 1.43 bits per heavy atom. The number of likely N-dealkylation sites (N-methyl/N-ethyl adjacent to an activating group) is 1. The number of piperidine rings is 1. The molecule has 1 aromatic carbocycles. The van der Waals surface area contributed by atoms with Crippen LogP contribution in [-0.2, 0) is 4.79 Å². The molecule has 2 aromatic rings. The van der Waals surface area contributed by atoms with E-state index in [9.17, 15) is 14.3 Å². The quantitative estimate of drug-likeness (QED) is 0.640. The molecule has 150 valence electrons. The maximum atomic E-state index is 14.4. The summed E-state index contributed by atoms with van der Waals surface area (Å²) >= 11 is 0. The first-order valence-electron chi connectivity index (χ1n) is 9.51. The molecule has 3 heterocycles. The molecule has 3 N–H and O–H groups in total. The van der Waals surface area contributed by atoms with Crippen molar-refractivity contribution >= 4 is 22.5 Å². The summed E-state index contributed by atoms with van der Waals surface area (Å²) in [4.78, 5) is 19.3. The number of hydrogen-bond acceptors (Lipinski definition) is 6. The van der Waals surface area contributed by atoms with Crippen LogP contribution in [0.3, 0.4) is 0 Å². The predicted molar refractivity (Wildman–Crippen MR) is 104 cm³/mol. The van der Waals surface area contributed by atoms with Gasteiger partial charge in [-0.15, -0.1) is 0 Å². The van der Waals surface area contributed by atoms with E-state index in [0.29, 0.717) is 17.3 Å². The average Bonchev–Trinajstić information content (AvgIpc) is 2.67. The fraction of sp³-hybridized carbons (Fsp3) is 0.500. The van der Waals surface area contributed by atoms with Gasteiger partial charge in [0.25, 0.3) is 0 Å². The first-order chi connectivity index (χ1) is 13.4. The number of fused-ring (bicyclic) bond motifs is 3. The maximum absolute atomic E-state index is 14.4. The Balaban J connectivity index is 1.75. The molecule has 1 saturated heterocycles. The second-order valence-electron chi connectivity index (χ2n) is 7.85. The number of aromatic nitrogens is 1. The molecule has 7 nitrogen and oxygen atoms in total. The number of nitrogens with zero attached hydrogens (tertiary/aromatic N) is 2. The van der Waals surface area contributed by atoms with Gasteiger partial charge >= 0.3 is 0 Å². The van der Waals surface area contributed by atoms with Crippen molar-refractivity contribution in [2.75, 3.05) is 32.1 Å². The van der Waals surface area contributed by atoms with Gasteiger partial charge in [0.15, 0.2) is 17.7 Å². The van der Waals surface area contributed by atoms with Gasteiger partial charge in [0.1, 0.15) is 6.61 Å². The first kappa shape index (κ1) is 18.7. The van der Waals surface area contributed by atoms with Crippen LogP contribution in [0.5, 0.6) is 11.5 Å². The Morgan fingerprint density at radius 3 is 3.07 bits per heavy atom. The summed E-state index contributed by atoms with van der Waals surface area (Å²) in [5.74, 6) is -0.0624. The molecule has 1 fully saturated rings. The van der Waals surface area contributed by atoms with Crippen molar-refractivity contribution in [1.82, 2.24) is 15.2 Å². The fourth-order valence-electron chi connectivity index (χ4n) is 3.98. The number of ether oxygens (including phenoxy) is 1.